The predicted octanol–water partition coefficient (Wildman–Crippen LogP) is 3.07. The number of benzene rings is 2. The molecule has 0 atom stereocenters. The van der Waals surface area contributed by atoms with Crippen LogP contribution in [0.2, 0.25) is 0 Å². The average Bonchev–Trinajstić information content (AvgIpc) is 2.46. The molecule has 3 nitrogen and oxygen atoms in total. The molecule has 0 saturated carbocycles. The van der Waals surface area contributed by atoms with Crippen LogP contribution in [0.5, 0.6) is 0 Å². The lowest BCUT2D eigenvalue weighted by atomic mass is 9.97. The Morgan fingerprint density at radius 2 is 1.63 bits per heavy atom. The molecule has 3 heteroatoms. The zero-order valence-electron chi connectivity index (χ0n) is 10.1. The molecule has 19 heavy (non-hydrogen) atoms. The Kier molecular flexibility index (Phi) is 2.62. The van der Waals surface area contributed by atoms with Gasteiger partial charge in [-0.15, -0.1) is 0 Å². The summed E-state index contributed by atoms with van der Waals surface area (Å²) in [5.41, 5.74) is 2.12. The second-order valence-electron chi connectivity index (χ2n) is 4.23. The highest BCUT2D eigenvalue weighted by molar-refractivity contribution is 5.96. The van der Waals surface area contributed by atoms with Crippen LogP contribution in [0.3, 0.4) is 0 Å². The van der Waals surface area contributed by atoms with Crippen LogP contribution < -0.4 is 5.56 Å². The monoisotopic (exact) mass is 246 g/mol. The van der Waals surface area contributed by atoms with Gasteiger partial charge in [0.25, 0.3) is 5.56 Å². The summed E-state index contributed by atoms with van der Waals surface area (Å²) in [6.45, 7) is 0. The Hall–Kier alpha value is -2.86. The highest BCUT2D eigenvalue weighted by Gasteiger charge is 2.13. The molecular formula is C16H10N2O. The molecule has 0 radical (unpaired) electrons. The highest BCUT2D eigenvalue weighted by Crippen LogP contribution is 2.28. The third-order valence-electron chi connectivity index (χ3n) is 3.10. The average molecular weight is 246 g/mol. The van der Waals surface area contributed by atoms with Gasteiger partial charge in [-0.1, -0.05) is 48.5 Å². The first-order valence-electron chi connectivity index (χ1n) is 5.92. The number of H-pyrrole nitrogens is 1. The first-order valence-corrected chi connectivity index (χ1v) is 5.92. The van der Waals surface area contributed by atoms with Crippen molar-refractivity contribution in [2.45, 2.75) is 0 Å². The third kappa shape index (κ3) is 1.80. The van der Waals surface area contributed by atoms with E-state index in [0.29, 0.717) is 5.56 Å². The Labute approximate surface area is 109 Å². The van der Waals surface area contributed by atoms with Crippen molar-refractivity contribution >= 4 is 10.9 Å². The SMILES string of the molecule is N#Cc1c(-c2ccccc2)c2ccccc2[nH]c1=O. The highest BCUT2D eigenvalue weighted by atomic mass is 16.1. The quantitative estimate of drug-likeness (QED) is 0.717. The molecule has 0 bridgehead atoms. The van der Waals surface area contributed by atoms with E-state index in [9.17, 15) is 10.1 Å². The molecule has 0 aliphatic rings. The number of nitrogens with one attached hydrogen (secondary N) is 1. The van der Waals surface area contributed by atoms with Crippen molar-refractivity contribution < 1.29 is 0 Å². The molecule has 3 aromatic rings. The van der Waals surface area contributed by atoms with Crippen LogP contribution in [0.4, 0.5) is 0 Å². The maximum absolute atomic E-state index is 12.0. The number of nitriles is 1. The van der Waals surface area contributed by atoms with Gasteiger partial charge in [0, 0.05) is 16.5 Å². The Bertz CT molecular complexity index is 842. The van der Waals surface area contributed by atoms with E-state index in [2.05, 4.69) is 4.98 Å². The van der Waals surface area contributed by atoms with Crippen molar-refractivity contribution in [3.05, 3.63) is 70.5 Å². The van der Waals surface area contributed by atoms with Gasteiger partial charge in [0.05, 0.1) is 0 Å². The number of pyridine rings is 1. The van der Waals surface area contributed by atoms with E-state index in [1.54, 1.807) is 0 Å². The van der Waals surface area contributed by atoms with Crippen LogP contribution in [0.15, 0.2) is 59.4 Å². The lowest BCUT2D eigenvalue weighted by Gasteiger charge is -2.08. The van der Waals surface area contributed by atoms with Crippen molar-refractivity contribution in [1.82, 2.24) is 4.98 Å². The van der Waals surface area contributed by atoms with E-state index < -0.39 is 0 Å². The zero-order chi connectivity index (χ0) is 13.2. The van der Waals surface area contributed by atoms with E-state index >= 15 is 0 Å². The smallest absolute Gasteiger partial charge is 0.266 e. The number of aromatic nitrogens is 1. The van der Waals surface area contributed by atoms with Gasteiger partial charge in [-0.3, -0.25) is 4.79 Å². The molecular weight excluding hydrogens is 236 g/mol. The Morgan fingerprint density at radius 3 is 2.37 bits per heavy atom. The molecule has 1 aromatic heterocycles. The third-order valence-corrected chi connectivity index (χ3v) is 3.10. The molecule has 0 spiro atoms. The van der Waals surface area contributed by atoms with Gasteiger partial charge in [-0.05, 0) is 11.6 Å². The van der Waals surface area contributed by atoms with E-state index in [4.69, 9.17) is 0 Å². The summed E-state index contributed by atoms with van der Waals surface area (Å²) in [5.74, 6) is 0. The first kappa shape index (κ1) is 11.2. The van der Waals surface area contributed by atoms with Crippen LogP contribution in [-0.2, 0) is 0 Å². The lowest BCUT2D eigenvalue weighted by Crippen LogP contribution is -2.11. The van der Waals surface area contributed by atoms with Gasteiger partial charge in [-0.25, -0.2) is 0 Å². The van der Waals surface area contributed by atoms with Gasteiger partial charge in [0.15, 0.2) is 0 Å². The number of para-hydroxylation sites is 1. The van der Waals surface area contributed by atoms with Crippen LogP contribution in [0, 0.1) is 11.3 Å². The molecule has 0 aliphatic carbocycles. The van der Waals surface area contributed by atoms with Crippen LogP contribution in [0.1, 0.15) is 5.56 Å². The molecule has 0 unspecified atom stereocenters. The Morgan fingerprint density at radius 1 is 0.947 bits per heavy atom. The zero-order valence-corrected chi connectivity index (χ0v) is 10.1. The van der Waals surface area contributed by atoms with Crippen molar-refractivity contribution in [2.24, 2.45) is 0 Å². The number of hydrogen-bond donors (Lipinski definition) is 1. The molecule has 0 amide bonds. The standard InChI is InChI=1S/C16H10N2O/c17-10-13-15(11-6-2-1-3-7-11)12-8-4-5-9-14(12)18-16(13)19/h1-9H,(H,18,19). The summed E-state index contributed by atoms with van der Waals surface area (Å²) in [5, 5.41) is 10.1. The number of fused-ring (bicyclic) bond motifs is 1. The molecule has 3 rings (SSSR count). The van der Waals surface area contributed by atoms with Crippen LogP contribution in [-0.4, -0.2) is 4.98 Å². The summed E-state index contributed by atoms with van der Waals surface area (Å²) in [7, 11) is 0. The molecule has 90 valence electrons. The van der Waals surface area contributed by atoms with E-state index in [1.807, 2.05) is 60.7 Å². The number of aromatic amines is 1. The molecule has 1 heterocycles. The second kappa shape index (κ2) is 4.43. The first-order chi connectivity index (χ1) is 9.31. The lowest BCUT2D eigenvalue weighted by molar-refractivity contribution is 1.27. The summed E-state index contributed by atoms with van der Waals surface area (Å²) >= 11 is 0. The van der Waals surface area contributed by atoms with Crippen molar-refractivity contribution in [3.8, 4) is 17.2 Å². The van der Waals surface area contributed by atoms with Gasteiger partial charge < -0.3 is 4.98 Å². The molecule has 1 N–H and O–H groups in total. The van der Waals surface area contributed by atoms with Gasteiger partial charge in [-0.2, -0.15) is 5.26 Å². The van der Waals surface area contributed by atoms with Gasteiger partial charge in [0.1, 0.15) is 11.6 Å². The van der Waals surface area contributed by atoms with Crippen molar-refractivity contribution in [2.75, 3.05) is 0 Å². The number of hydrogen-bond acceptors (Lipinski definition) is 2. The molecule has 0 fully saturated rings. The van der Waals surface area contributed by atoms with Crippen LogP contribution >= 0.6 is 0 Å². The predicted molar refractivity (Wildman–Crippen MR) is 74.7 cm³/mol. The summed E-state index contributed by atoms with van der Waals surface area (Å²) in [4.78, 5) is 14.7. The maximum atomic E-state index is 12.0. The number of nitrogens with zero attached hydrogens (tertiary/aromatic N) is 1. The van der Waals surface area contributed by atoms with Crippen molar-refractivity contribution in [1.29, 1.82) is 5.26 Å². The van der Waals surface area contributed by atoms with Crippen LogP contribution in [0.25, 0.3) is 22.0 Å². The minimum absolute atomic E-state index is 0.157. The van der Waals surface area contributed by atoms with E-state index in [-0.39, 0.29) is 11.1 Å². The largest absolute Gasteiger partial charge is 0.321 e. The molecule has 0 saturated heterocycles. The van der Waals surface area contributed by atoms with Crippen molar-refractivity contribution in [3.63, 3.8) is 0 Å². The number of rotatable bonds is 1. The Balaban J connectivity index is 2.52. The fraction of sp³-hybridized carbons (Fsp3) is 0. The van der Waals surface area contributed by atoms with Gasteiger partial charge >= 0.3 is 0 Å². The summed E-state index contributed by atoms with van der Waals surface area (Å²) < 4.78 is 0. The topological polar surface area (TPSA) is 56.6 Å². The molecule has 0 aliphatic heterocycles. The fourth-order valence-corrected chi connectivity index (χ4v) is 2.25. The summed E-state index contributed by atoms with van der Waals surface area (Å²) in [6.07, 6.45) is 0. The minimum Gasteiger partial charge on any atom is -0.321 e. The maximum Gasteiger partial charge on any atom is 0.266 e. The summed E-state index contributed by atoms with van der Waals surface area (Å²) in [6, 6.07) is 19.0. The van der Waals surface area contributed by atoms with Gasteiger partial charge in [0.2, 0.25) is 0 Å². The van der Waals surface area contributed by atoms with E-state index in [1.165, 1.54) is 0 Å². The fourth-order valence-electron chi connectivity index (χ4n) is 2.25. The normalized spacial score (nSPS) is 10.3. The minimum atomic E-state index is -0.347. The second-order valence-corrected chi connectivity index (χ2v) is 4.23. The van der Waals surface area contributed by atoms with E-state index in [0.717, 1.165) is 16.5 Å². The molecule has 2 aromatic carbocycles.